The Morgan fingerprint density at radius 2 is 1.92 bits per heavy atom. The number of carbonyl (C=O) groups excluding carboxylic acids is 1. The maximum atomic E-state index is 13.3. The predicted molar refractivity (Wildman–Crippen MR) is 85.3 cm³/mol. The van der Waals surface area contributed by atoms with Crippen molar-refractivity contribution in [2.24, 2.45) is 0 Å². The van der Waals surface area contributed by atoms with Crippen molar-refractivity contribution in [2.75, 3.05) is 6.61 Å². The van der Waals surface area contributed by atoms with Crippen molar-refractivity contribution in [1.82, 2.24) is 9.97 Å². The molecule has 0 radical (unpaired) electrons. The molecule has 0 bridgehead atoms. The van der Waals surface area contributed by atoms with Crippen LogP contribution in [0.3, 0.4) is 0 Å². The zero-order valence-electron chi connectivity index (χ0n) is 13.7. The zero-order chi connectivity index (χ0) is 19.3. The average Bonchev–Trinajstić information content (AvgIpc) is 2.57. The van der Waals surface area contributed by atoms with Crippen molar-refractivity contribution in [3.63, 3.8) is 0 Å². The summed E-state index contributed by atoms with van der Waals surface area (Å²) in [7, 11) is 0. The van der Waals surface area contributed by atoms with E-state index in [1.807, 2.05) is 0 Å². The van der Waals surface area contributed by atoms with E-state index in [4.69, 9.17) is 25.8 Å². The number of esters is 1. The smallest absolute Gasteiger partial charge is 0.420 e. The number of alkyl halides is 3. The summed E-state index contributed by atoms with van der Waals surface area (Å²) < 4.78 is 55.0. The molecular weight excluding hydrogens is 377 g/mol. The van der Waals surface area contributed by atoms with Crippen LogP contribution >= 0.6 is 11.6 Å². The Labute approximate surface area is 151 Å². The topological polar surface area (TPSA) is 70.5 Å². The molecule has 0 saturated carbocycles. The van der Waals surface area contributed by atoms with E-state index in [-0.39, 0.29) is 23.4 Å². The average molecular weight is 391 g/mol. The van der Waals surface area contributed by atoms with Gasteiger partial charge in [0.2, 0.25) is 0 Å². The van der Waals surface area contributed by atoms with Crippen LogP contribution in [-0.4, -0.2) is 28.6 Å². The SMILES string of the molecule is CCOC(=O)C(C)Oc1ccc(Oc2ncc(Cl)cn2)cc1C(F)(F)F. The first-order chi connectivity index (χ1) is 12.2. The van der Waals surface area contributed by atoms with E-state index in [1.54, 1.807) is 6.92 Å². The Morgan fingerprint density at radius 1 is 1.27 bits per heavy atom. The molecule has 2 rings (SSSR count). The minimum Gasteiger partial charge on any atom is -0.478 e. The van der Waals surface area contributed by atoms with E-state index in [2.05, 4.69) is 9.97 Å². The van der Waals surface area contributed by atoms with Crippen LogP contribution < -0.4 is 9.47 Å². The summed E-state index contributed by atoms with van der Waals surface area (Å²) in [5.41, 5.74) is -1.11. The summed E-state index contributed by atoms with van der Waals surface area (Å²) >= 11 is 5.63. The highest BCUT2D eigenvalue weighted by Crippen LogP contribution is 2.39. The number of aromatic nitrogens is 2. The van der Waals surface area contributed by atoms with E-state index in [0.29, 0.717) is 0 Å². The predicted octanol–water partition coefficient (Wildman–Crippen LogP) is 4.27. The van der Waals surface area contributed by atoms with Gasteiger partial charge in [0, 0.05) is 0 Å². The third-order valence-corrected chi connectivity index (χ3v) is 3.18. The van der Waals surface area contributed by atoms with Crippen molar-refractivity contribution >= 4 is 17.6 Å². The number of hydrogen-bond acceptors (Lipinski definition) is 6. The molecular formula is C16H14ClF3N2O4. The minimum absolute atomic E-state index is 0.0898. The standard InChI is InChI=1S/C16H14ClF3N2O4/c1-3-24-14(23)9(2)25-13-5-4-11(6-12(13)16(18,19)20)26-15-21-7-10(17)8-22-15/h4-9H,3H2,1-2H3. The van der Waals surface area contributed by atoms with E-state index in [9.17, 15) is 18.0 Å². The first kappa shape index (κ1) is 19.8. The van der Waals surface area contributed by atoms with E-state index >= 15 is 0 Å². The van der Waals surface area contributed by atoms with Crippen molar-refractivity contribution < 1.29 is 32.2 Å². The van der Waals surface area contributed by atoms with Crippen LogP contribution in [-0.2, 0) is 15.7 Å². The molecule has 140 valence electrons. The van der Waals surface area contributed by atoms with Gasteiger partial charge >= 0.3 is 18.2 Å². The first-order valence-corrected chi connectivity index (χ1v) is 7.78. The number of hydrogen-bond donors (Lipinski definition) is 0. The van der Waals surface area contributed by atoms with Gasteiger partial charge in [-0.25, -0.2) is 14.8 Å². The minimum atomic E-state index is -4.73. The number of halogens is 4. The monoisotopic (exact) mass is 390 g/mol. The fraction of sp³-hybridized carbons (Fsp3) is 0.312. The van der Waals surface area contributed by atoms with Gasteiger partial charge < -0.3 is 14.2 Å². The van der Waals surface area contributed by atoms with Gasteiger partial charge in [0.15, 0.2) is 6.10 Å². The second kappa shape index (κ2) is 8.22. The lowest BCUT2D eigenvalue weighted by molar-refractivity contribution is -0.152. The number of nitrogens with zero attached hydrogens (tertiary/aromatic N) is 2. The molecule has 6 nitrogen and oxygen atoms in total. The largest absolute Gasteiger partial charge is 0.478 e. The molecule has 0 N–H and O–H groups in total. The van der Waals surface area contributed by atoms with Gasteiger partial charge in [-0.05, 0) is 32.0 Å². The van der Waals surface area contributed by atoms with Crippen LogP contribution in [0.1, 0.15) is 19.4 Å². The highest BCUT2D eigenvalue weighted by atomic mass is 35.5. The zero-order valence-corrected chi connectivity index (χ0v) is 14.5. The first-order valence-electron chi connectivity index (χ1n) is 7.40. The van der Waals surface area contributed by atoms with Gasteiger partial charge in [0.25, 0.3) is 0 Å². The summed E-state index contributed by atoms with van der Waals surface area (Å²) in [6.07, 6.45) is -3.45. The highest BCUT2D eigenvalue weighted by Gasteiger charge is 2.36. The van der Waals surface area contributed by atoms with Crippen LogP contribution in [0.4, 0.5) is 13.2 Å². The molecule has 0 fully saturated rings. The van der Waals surface area contributed by atoms with Crippen molar-refractivity contribution in [3.05, 3.63) is 41.2 Å². The van der Waals surface area contributed by atoms with Crippen LogP contribution in [0.5, 0.6) is 17.5 Å². The molecule has 2 aromatic rings. The lowest BCUT2D eigenvalue weighted by Gasteiger charge is -2.18. The number of ether oxygens (including phenoxy) is 3. The molecule has 0 amide bonds. The number of rotatable bonds is 6. The van der Waals surface area contributed by atoms with Crippen LogP contribution in [0.2, 0.25) is 5.02 Å². The Morgan fingerprint density at radius 3 is 2.50 bits per heavy atom. The van der Waals surface area contributed by atoms with E-state index in [1.165, 1.54) is 25.4 Å². The molecule has 26 heavy (non-hydrogen) atoms. The molecule has 1 atom stereocenters. The Balaban J connectivity index is 2.26. The number of carbonyl (C=O) groups is 1. The van der Waals surface area contributed by atoms with Gasteiger partial charge in [0.05, 0.1) is 24.0 Å². The summed E-state index contributed by atoms with van der Waals surface area (Å²) in [6, 6.07) is 2.84. The molecule has 1 heterocycles. The molecule has 0 aliphatic rings. The molecule has 0 aliphatic heterocycles. The second-order valence-electron chi connectivity index (χ2n) is 4.95. The Bertz CT molecular complexity index is 769. The van der Waals surface area contributed by atoms with Gasteiger partial charge in [-0.15, -0.1) is 0 Å². The molecule has 1 aromatic heterocycles. The maximum absolute atomic E-state index is 13.3. The molecule has 1 aromatic carbocycles. The quantitative estimate of drug-likeness (QED) is 0.686. The second-order valence-corrected chi connectivity index (χ2v) is 5.39. The molecule has 0 spiro atoms. The third kappa shape index (κ3) is 5.22. The fourth-order valence-electron chi connectivity index (χ4n) is 1.85. The lowest BCUT2D eigenvalue weighted by Crippen LogP contribution is -2.27. The summed E-state index contributed by atoms with van der Waals surface area (Å²) in [6.45, 7) is 2.97. The summed E-state index contributed by atoms with van der Waals surface area (Å²) in [5, 5.41) is 0.255. The van der Waals surface area contributed by atoms with Gasteiger partial charge in [0.1, 0.15) is 17.1 Å². The summed E-state index contributed by atoms with van der Waals surface area (Å²) in [5.74, 6) is -1.45. The fourth-order valence-corrected chi connectivity index (χ4v) is 1.95. The Kier molecular flexibility index (Phi) is 6.25. The Hall–Kier alpha value is -2.55. The molecule has 0 aliphatic carbocycles. The number of benzene rings is 1. The molecule has 1 unspecified atom stereocenters. The third-order valence-electron chi connectivity index (χ3n) is 2.98. The maximum Gasteiger partial charge on any atom is 0.420 e. The normalized spacial score (nSPS) is 12.4. The van der Waals surface area contributed by atoms with Crippen LogP contribution in [0, 0.1) is 0 Å². The van der Waals surface area contributed by atoms with Crippen LogP contribution in [0.25, 0.3) is 0 Å². The van der Waals surface area contributed by atoms with Crippen molar-refractivity contribution in [3.8, 4) is 17.5 Å². The van der Waals surface area contributed by atoms with Crippen molar-refractivity contribution in [2.45, 2.75) is 26.1 Å². The van der Waals surface area contributed by atoms with Gasteiger partial charge in [-0.2, -0.15) is 13.2 Å². The molecule has 10 heteroatoms. The van der Waals surface area contributed by atoms with Crippen LogP contribution in [0.15, 0.2) is 30.6 Å². The van der Waals surface area contributed by atoms with E-state index < -0.39 is 29.6 Å². The highest BCUT2D eigenvalue weighted by molar-refractivity contribution is 6.30. The van der Waals surface area contributed by atoms with E-state index in [0.717, 1.165) is 12.1 Å². The molecule has 0 saturated heterocycles. The van der Waals surface area contributed by atoms with Crippen molar-refractivity contribution in [1.29, 1.82) is 0 Å². The summed E-state index contributed by atoms with van der Waals surface area (Å²) in [4.78, 5) is 19.0. The lowest BCUT2D eigenvalue weighted by atomic mass is 10.1. The van der Waals surface area contributed by atoms with Gasteiger partial charge in [-0.1, -0.05) is 11.6 Å². The van der Waals surface area contributed by atoms with Gasteiger partial charge in [-0.3, -0.25) is 0 Å².